The van der Waals surface area contributed by atoms with Gasteiger partial charge in [-0.05, 0) is 58.1 Å². The molecule has 0 spiro atoms. The van der Waals surface area contributed by atoms with Crippen molar-refractivity contribution < 1.29 is 23.0 Å². The quantitative estimate of drug-likeness (QED) is 0.518. The highest BCUT2D eigenvalue weighted by Crippen LogP contribution is 2.29. The molecule has 0 aliphatic carbocycles. The number of hydrogen-bond donors (Lipinski definition) is 0. The van der Waals surface area contributed by atoms with Crippen LogP contribution in [0, 0.1) is 17.6 Å². The molecule has 0 unspecified atom stereocenters. The van der Waals surface area contributed by atoms with Crippen molar-refractivity contribution in [2.24, 2.45) is 5.92 Å². The molecule has 0 bridgehead atoms. The zero-order chi connectivity index (χ0) is 26.2. The van der Waals surface area contributed by atoms with E-state index < -0.39 is 17.2 Å². The molecule has 1 amide bonds. The van der Waals surface area contributed by atoms with Crippen molar-refractivity contribution in [2.75, 3.05) is 44.3 Å². The number of aromatic nitrogens is 4. The molecule has 11 heteroatoms. The van der Waals surface area contributed by atoms with Crippen LogP contribution in [0.25, 0.3) is 17.2 Å². The Bertz CT molecular complexity index is 1290. The fraction of sp³-hybridized carbons (Fsp3) is 0.538. The van der Waals surface area contributed by atoms with E-state index in [4.69, 9.17) is 9.47 Å². The molecule has 2 saturated heterocycles. The number of imidazole rings is 1. The molecule has 1 atom stereocenters. The third-order valence-corrected chi connectivity index (χ3v) is 6.56. The van der Waals surface area contributed by atoms with Crippen molar-refractivity contribution in [1.82, 2.24) is 24.3 Å². The van der Waals surface area contributed by atoms with Gasteiger partial charge < -0.3 is 19.3 Å². The normalized spacial score (nSPS) is 18.9. The monoisotopic (exact) mass is 514 g/mol. The van der Waals surface area contributed by atoms with Crippen LogP contribution in [-0.4, -0.2) is 75.3 Å². The molecule has 9 nitrogen and oxygen atoms in total. The van der Waals surface area contributed by atoms with Gasteiger partial charge in [-0.3, -0.25) is 4.40 Å². The summed E-state index contributed by atoms with van der Waals surface area (Å²) in [4.78, 5) is 29.7. The molecule has 3 aromatic heterocycles. The smallest absolute Gasteiger partial charge is 0.410 e. The number of ether oxygens (including phenoxy) is 2. The Morgan fingerprint density at radius 1 is 1.16 bits per heavy atom. The van der Waals surface area contributed by atoms with Crippen LogP contribution >= 0.6 is 0 Å². The summed E-state index contributed by atoms with van der Waals surface area (Å²) in [5.41, 5.74) is 0.704. The van der Waals surface area contributed by atoms with Crippen molar-refractivity contribution >= 4 is 17.6 Å². The molecule has 3 aromatic rings. The van der Waals surface area contributed by atoms with Gasteiger partial charge in [-0.2, -0.15) is 0 Å². The topological polar surface area (TPSA) is 85.1 Å². The first-order valence-electron chi connectivity index (χ1n) is 12.7. The molecule has 0 N–H and O–H groups in total. The van der Waals surface area contributed by atoms with Gasteiger partial charge >= 0.3 is 6.09 Å². The van der Waals surface area contributed by atoms with Gasteiger partial charge in [-0.15, -0.1) is 0 Å². The van der Waals surface area contributed by atoms with Crippen molar-refractivity contribution in [3.8, 4) is 11.5 Å². The minimum absolute atomic E-state index is 0.00989. The number of piperidine rings is 1. The third-order valence-electron chi connectivity index (χ3n) is 6.56. The summed E-state index contributed by atoms with van der Waals surface area (Å²) in [6, 6.07) is 2.90. The predicted octanol–water partition coefficient (Wildman–Crippen LogP) is 4.10. The number of nitrogens with zero attached hydrogens (tertiary/aromatic N) is 6. The first kappa shape index (κ1) is 25.3. The largest absolute Gasteiger partial charge is 0.444 e. The van der Waals surface area contributed by atoms with Crippen LogP contribution in [0.2, 0.25) is 0 Å². The van der Waals surface area contributed by atoms with Crippen LogP contribution in [0.1, 0.15) is 39.3 Å². The van der Waals surface area contributed by atoms with E-state index >= 15 is 4.39 Å². The van der Waals surface area contributed by atoms with Gasteiger partial charge in [0.2, 0.25) is 0 Å². The number of anilines is 1. The molecule has 0 radical (unpaired) electrons. The second-order valence-electron chi connectivity index (χ2n) is 10.6. The summed E-state index contributed by atoms with van der Waals surface area (Å²) in [5.74, 6) is -0.409. The number of amides is 1. The summed E-state index contributed by atoms with van der Waals surface area (Å²) >= 11 is 0. The average Bonchev–Trinajstić information content (AvgIpc) is 3.28. The second kappa shape index (κ2) is 10.2. The van der Waals surface area contributed by atoms with Crippen molar-refractivity contribution in [3.63, 3.8) is 0 Å². The number of pyridine rings is 1. The molecule has 5 heterocycles. The van der Waals surface area contributed by atoms with Gasteiger partial charge in [0, 0.05) is 32.4 Å². The molecule has 0 aromatic carbocycles. The van der Waals surface area contributed by atoms with E-state index in [-0.39, 0.29) is 29.3 Å². The molecular formula is C26H32F2N6O3. The first-order valence-corrected chi connectivity index (χ1v) is 12.7. The van der Waals surface area contributed by atoms with E-state index in [1.165, 1.54) is 12.3 Å². The lowest BCUT2D eigenvalue weighted by Gasteiger charge is -2.34. The highest BCUT2D eigenvalue weighted by atomic mass is 19.1. The van der Waals surface area contributed by atoms with Crippen LogP contribution in [0.4, 0.5) is 19.4 Å². The third kappa shape index (κ3) is 5.66. The molecular weight excluding hydrogens is 482 g/mol. The summed E-state index contributed by atoms with van der Waals surface area (Å²) < 4.78 is 42.5. The molecule has 0 saturated carbocycles. The Morgan fingerprint density at radius 2 is 1.95 bits per heavy atom. The van der Waals surface area contributed by atoms with Gasteiger partial charge in [-0.1, -0.05) is 0 Å². The Kier molecular flexibility index (Phi) is 6.98. The van der Waals surface area contributed by atoms with Crippen LogP contribution in [-0.2, 0) is 15.9 Å². The van der Waals surface area contributed by atoms with E-state index in [9.17, 15) is 9.18 Å². The van der Waals surface area contributed by atoms with E-state index in [0.717, 1.165) is 12.8 Å². The molecule has 2 fully saturated rings. The standard InChI is InChI=1S/C26H32F2N6O3/c1-26(2,3)37-25(35)33-8-4-5-17(15-33)13-19-22(28)24(32-9-11-36-12-10-32)31-23(30-19)20-14-29-21-7-6-18(27)16-34(20)21/h6-7,14,16-17H,4-5,8-13,15H2,1-3H3/t17-/m0/s1. The van der Waals surface area contributed by atoms with E-state index in [2.05, 4.69) is 15.0 Å². The Morgan fingerprint density at radius 3 is 2.70 bits per heavy atom. The number of halogens is 2. The van der Waals surface area contributed by atoms with E-state index in [1.54, 1.807) is 21.6 Å². The maximum Gasteiger partial charge on any atom is 0.410 e. The molecule has 2 aliphatic heterocycles. The number of likely N-dealkylation sites (tertiary alicyclic amines) is 1. The Balaban J connectivity index is 1.48. The van der Waals surface area contributed by atoms with Gasteiger partial charge in [-0.25, -0.2) is 28.5 Å². The number of carbonyl (C=O) groups is 1. The van der Waals surface area contributed by atoms with Crippen LogP contribution in [0.5, 0.6) is 0 Å². The lowest BCUT2D eigenvalue weighted by molar-refractivity contribution is 0.0165. The molecule has 198 valence electrons. The van der Waals surface area contributed by atoms with Gasteiger partial charge in [0.05, 0.1) is 25.1 Å². The maximum atomic E-state index is 15.9. The fourth-order valence-electron chi connectivity index (χ4n) is 4.83. The lowest BCUT2D eigenvalue weighted by Crippen LogP contribution is -2.43. The summed E-state index contributed by atoms with van der Waals surface area (Å²) in [6.45, 7) is 8.53. The number of rotatable bonds is 4. The highest BCUT2D eigenvalue weighted by Gasteiger charge is 2.30. The Hall–Kier alpha value is -3.34. The summed E-state index contributed by atoms with van der Waals surface area (Å²) in [6.07, 6.45) is 4.50. The number of morpholine rings is 1. The highest BCUT2D eigenvalue weighted by molar-refractivity contribution is 5.68. The zero-order valence-corrected chi connectivity index (χ0v) is 21.4. The average molecular weight is 515 g/mol. The minimum Gasteiger partial charge on any atom is -0.444 e. The molecule has 2 aliphatic rings. The number of fused-ring (bicyclic) bond motifs is 1. The Labute approximate surface area is 214 Å². The minimum atomic E-state index is -0.585. The molecule has 5 rings (SSSR count). The zero-order valence-electron chi connectivity index (χ0n) is 21.4. The second-order valence-corrected chi connectivity index (χ2v) is 10.6. The maximum absolute atomic E-state index is 15.9. The predicted molar refractivity (Wildman–Crippen MR) is 133 cm³/mol. The summed E-state index contributed by atoms with van der Waals surface area (Å²) in [5, 5.41) is 0. The van der Waals surface area contributed by atoms with E-state index in [0.29, 0.717) is 57.2 Å². The van der Waals surface area contributed by atoms with Crippen molar-refractivity contribution in [1.29, 1.82) is 0 Å². The first-order chi connectivity index (χ1) is 17.7. The van der Waals surface area contributed by atoms with Gasteiger partial charge in [0.15, 0.2) is 17.5 Å². The number of hydrogen-bond acceptors (Lipinski definition) is 7. The van der Waals surface area contributed by atoms with Gasteiger partial charge in [0.25, 0.3) is 0 Å². The van der Waals surface area contributed by atoms with Crippen molar-refractivity contribution in [3.05, 3.63) is 41.9 Å². The van der Waals surface area contributed by atoms with Crippen LogP contribution in [0.3, 0.4) is 0 Å². The number of carbonyl (C=O) groups excluding carboxylic acids is 1. The van der Waals surface area contributed by atoms with E-state index in [1.807, 2.05) is 25.7 Å². The lowest BCUT2D eigenvalue weighted by atomic mass is 9.93. The van der Waals surface area contributed by atoms with Gasteiger partial charge in [0.1, 0.15) is 22.8 Å². The summed E-state index contributed by atoms with van der Waals surface area (Å²) in [7, 11) is 0. The van der Waals surface area contributed by atoms with Crippen LogP contribution in [0.15, 0.2) is 24.5 Å². The SMILES string of the molecule is CC(C)(C)OC(=O)N1CCC[C@@H](Cc2nc(-c3cnc4ccc(F)cn34)nc(N3CCOCC3)c2F)C1. The molecule has 37 heavy (non-hydrogen) atoms. The fourth-order valence-corrected chi connectivity index (χ4v) is 4.83. The van der Waals surface area contributed by atoms with Crippen LogP contribution < -0.4 is 4.90 Å². The van der Waals surface area contributed by atoms with Crippen molar-refractivity contribution in [2.45, 2.75) is 45.6 Å².